The van der Waals surface area contributed by atoms with Crippen molar-refractivity contribution in [1.82, 2.24) is 0 Å². The monoisotopic (exact) mass is 689 g/mol. The molecule has 9 aromatic carbocycles. The average molecular weight is 690 g/mol. The molecule has 0 saturated carbocycles. The van der Waals surface area contributed by atoms with Crippen molar-refractivity contribution in [2.75, 3.05) is 4.90 Å². The van der Waals surface area contributed by atoms with Gasteiger partial charge in [-0.15, -0.1) is 0 Å². The first-order valence-corrected chi connectivity index (χ1v) is 18.4. The lowest BCUT2D eigenvalue weighted by Crippen LogP contribution is -2.11. The zero-order chi connectivity index (χ0) is 35.8. The van der Waals surface area contributed by atoms with E-state index in [1.54, 1.807) is 0 Å². The SMILES string of the molecule is c1ccc(-c2cccc(N(c3ccc(-c4cccc5oc6ccccc6c45)cc3)c3ccccc3-c3cccc(-c4cccc5ccccc45)c3)c2)cc1. The van der Waals surface area contributed by atoms with Crippen LogP contribution in [-0.2, 0) is 0 Å². The molecule has 54 heavy (non-hydrogen) atoms. The fourth-order valence-electron chi connectivity index (χ4n) is 7.93. The molecule has 0 aliphatic heterocycles. The molecule has 2 nitrogen and oxygen atoms in total. The summed E-state index contributed by atoms with van der Waals surface area (Å²) in [6.45, 7) is 0. The second-order valence-electron chi connectivity index (χ2n) is 13.7. The lowest BCUT2D eigenvalue weighted by Gasteiger charge is -2.28. The quantitative estimate of drug-likeness (QED) is 0.166. The Morgan fingerprint density at radius 1 is 0.315 bits per heavy atom. The Morgan fingerprint density at radius 3 is 1.80 bits per heavy atom. The van der Waals surface area contributed by atoms with Crippen LogP contribution in [-0.4, -0.2) is 0 Å². The zero-order valence-electron chi connectivity index (χ0n) is 29.6. The number of nitrogens with zero attached hydrogens (tertiary/aromatic N) is 1. The standard InChI is InChI=1S/C52H35NO/c1-2-14-36(15-3-1)39-18-11-21-43(35-39)53(42-32-30-38(31-33-42)47-26-13-29-51-52(47)48-24-7-9-28-50(48)54-51)49-27-8-6-23-46(49)41-20-10-19-40(34-41)45-25-12-17-37-16-4-5-22-44(37)45/h1-35H. The molecule has 10 aromatic rings. The molecule has 0 N–H and O–H groups in total. The van der Waals surface area contributed by atoms with Gasteiger partial charge in [-0.3, -0.25) is 0 Å². The molecule has 254 valence electrons. The minimum Gasteiger partial charge on any atom is -0.456 e. The summed E-state index contributed by atoms with van der Waals surface area (Å²) < 4.78 is 6.24. The first-order chi connectivity index (χ1) is 26.8. The molecule has 0 spiro atoms. The van der Waals surface area contributed by atoms with Crippen molar-refractivity contribution in [3.05, 3.63) is 212 Å². The van der Waals surface area contributed by atoms with Crippen LogP contribution in [0.4, 0.5) is 17.1 Å². The third kappa shape index (κ3) is 5.62. The summed E-state index contributed by atoms with van der Waals surface area (Å²) in [6, 6.07) is 75.9. The molecule has 0 saturated heterocycles. The predicted molar refractivity (Wildman–Crippen MR) is 228 cm³/mol. The third-order valence-corrected chi connectivity index (χ3v) is 10.5. The molecule has 0 bridgehead atoms. The van der Waals surface area contributed by atoms with Gasteiger partial charge in [0.25, 0.3) is 0 Å². The van der Waals surface area contributed by atoms with Gasteiger partial charge in [0, 0.05) is 27.7 Å². The van der Waals surface area contributed by atoms with Gasteiger partial charge in [0.05, 0.1) is 5.69 Å². The average Bonchev–Trinajstić information content (AvgIpc) is 3.64. The van der Waals surface area contributed by atoms with E-state index in [0.717, 1.165) is 61.3 Å². The number of para-hydroxylation sites is 2. The minimum absolute atomic E-state index is 0.900. The van der Waals surface area contributed by atoms with Crippen molar-refractivity contribution < 1.29 is 4.42 Å². The van der Waals surface area contributed by atoms with E-state index in [-0.39, 0.29) is 0 Å². The Hall–Kier alpha value is -7.16. The number of benzene rings is 9. The molecule has 0 fully saturated rings. The Kier molecular flexibility index (Phi) is 7.85. The first-order valence-electron chi connectivity index (χ1n) is 18.4. The van der Waals surface area contributed by atoms with E-state index >= 15 is 0 Å². The van der Waals surface area contributed by atoms with Gasteiger partial charge >= 0.3 is 0 Å². The molecule has 0 atom stereocenters. The maximum atomic E-state index is 6.24. The Morgan fingerprint density at radius 2 is 0.907 bits per heavy atom. The number of fused-ring (bicyclic) bond motifs is 4. The Labute approximate surface area is 314 Å². The molecule has 2 heteroatoms. The van der Waals surface area contributed by atoms with Gasteiger partial charge in [0.1, 0.15) is 11.2 Å². The predicted octanol–water partition coefficient (Wildman–Crippen LogP) is 14.9. The summed E-state index contributed by atoms with van der Waals surface area (Å²) in [4.78, 5) is 2.39. The second-order valence-corrected chi connectivity index (χ2v) is 13.7. The Bertz CT molecular complexity index is 2930. The van der Waals surface area contributed by atoms with E-state index < -0.39 is 0 Å². The maximum absolute atomic E-state index is 6.24. The molecule has 0 aliphatic carbocycles. The van der Waals surface area contributed by atoms with Crippen molar-refractivity contribution >= 4 is 49.8 Å². The lowest BCUT2D eigenvalue weighted by atomic mass is 9.94. The van der Waals surface area contributed by atoms with Gasteiger partial charge in [-0.25, -0.2) is 0 Å². The van der Waals surface area contributed by atoms with E-state index in [4.69, 9.17) is 4.42 Å². The molecule has 0 aliphatic rings. The largest absolute Gasteiger partial charge is 0.456 e. The normalized spacial score (nSPS) is 11.3. The van der Waals surface area contributed by atoms with Gasteiger partial charge in [-0.05, 0) is 98.2 Å². The number of hydrogen-bond acceptors (Lipinski definition) is 2. The number of rotatable bonds is 7. The smallest absolute Gasteiger partial charge is 0.136 e. The van der Waals surface area contributed by atoms with Crippen LogP contribution in [0.3, 0.4) is 0 Å². The molecule has 1 aromatic heterocycles. The topological polar surface area (TPSA) is 16.4 Å². The van der Waals surface area contributed by atoms with Crippen LogP contribution in [0.2, 0.25) is 0 Å². The van der Waals surface area contributed by atoms with Gasteiger partial charge in [0.15, 0.2) is 0 Å². The van der Waals surface area contributed by atoms with Gasteiger partial charge in [-0.1, -0.05) is 164 Å². The van der Waals surface area contributed by atoms with Crippen LogP contribution in [0, 0.1) is 0 Å². The van der Waals surface area contributed by atoms with Crippen molar-refractivity contribution in [2.24, 2.45) is 0 Å². The maximum Gasteiger partial charge on any atom is 0.136 e. The number of hydrogen-bond donors (Lipinski definition) is 0. The highest BCUT2D eigenvalue weighted by molar-refractivity contribution is 6.12. The molecular formula is C52H35NO. The molecule has 0 unspecified atom stereocenters. The van der Waals surface area contributed by atoms with Crippen molar-refractivity contribution in [1.29, 1.82) is 0 Å². The first kappa shape index (κ1) is 31.6. The third-order valence-electron chi connectivity index (χ3n) is 10.5. The Balaban J connectivity index is 1.13. The molecule has 10 rings (SSSR count). The van der Waals surface area contributed by atoms with Crippen LogP contribution >= 0.6 is 0 Å². The molecule has 1 heterocycles. The van der Waals surface area contributed by atoms with Crippen LogP contribution in [0.15, 0.2) is 217 Å². The van der Waals surface area contributed by atoms with E-state index in [0.29, 0.717) is 0 Å². The minimum atomic E-state index is 0.900. The summed E-state index contributed by atoms with van der Waals surface area (Å²) in [7, 11) is 0. The van der Waals surface area contributed by atoms with Crippen molar-refractivity contribution in [3.63, 3.8) is 0 Å². The zero-order valence-corrected chi connectivity index (χ0v) is 29.6. The highest BCUT2D eigenvalue weighted by atomic mass is 16.3. The van der Waals surface area contributed by atoms with Crippen LogP contribution in [0.1, 0.15) is 0 Å². The number of anilines is 3. The summed E-state index contributed by atoms with van der Waals surface area (Å²) >= 11 is 0. The van der Waals surface area contributed by atoms with E-state index in [1.165, 1.54) is 33.0 Å². The highest BCUT2D eigenvalue weighted by Crippen LogP contribution is 2.44. The summed E-state index contributed by atoms with van der Waals surface area (Å²) in [5, 5.41) is 4.77. The van der Waals surface area contributed by atoms with E-state index in [1.807, 2.05) is 12.1 Å². The van der Waals surface area contributed by atoms with E-state index in [2.05, 4.69) is 205 Å². The fourth-order valence-corrected chi connectivity index (χ4v) is 7.93. The highest BCUT2D eigenvalue weighted by Gasteiger charge is 2.19. The lowest BCUT2D eigenvalue weighted by molar-refractivity contribution is 0.669. The van der Waals surface area contributed by atoms with Crippen molar-refractivity contribution in [2.45, 2.75) is 0 Å². The van der Waals surface area contributed by atoms with E-state index in [9.17, 15) is 0 Å². The van der Waals surface area contributed by atoms with Crippen LogP contribution < -0.4 is 4.90 Å². The second kappa shape index (κ2) is 13.4. The fraction of sp³-hybridized carbons (Fsp3) is 0. The molecule has 0 amide bonds. The van der Waals surface area contributed by atoms with Crippen LogP contribution in [0.5, 0.6) is 0 Å². The van der Waals surface area contributed by atoms with Gasteiger partial charge < -0.3 is 9.32 Å². The van der Waals surface area contributed by atoms with Crippen LogP contribution in [0.25, 0.3) is 77.2 Å². The van der Waals surface area contributed by atoms with Crippen molar-refractivity contribution in [3.8, 4) is 44.5 Å². The number of furan rings is 1. The summed E-state index contributed by atoms with van der Waals surface area (Å²) in [6.07, 6.45) is 0. The van der Waals surface area contributed by atoms with Gasteiger partial charge in [0.2, 0.25) is 0 Å². The molecular weight excluding hydrogens is 655 g/mol. The van der Waals surface area contributed by atoms with Gasteiger partial charge in [-0.2, -0.15) is 0 Å². The molecule has 0 radical (unpaired) electrons. The summed E-state index contributed by atoms with van der Waals surface area (Å²) in [5.74, 6) is 0. The summed E-state index contributed by atoms with van der Waals surface area (Å²) in [5.41, 5.74) is 14.5.